The van der Waals surface area contributed by atoms with Crippen LogP contribution in [0.2, 0.25) is 5.02 Å². The lowest BCUT2D eigenvalue weighted by Gasteiger charge is -2.11. The van der Waals surface area contributed by atoms with E-state index in [1.54, 1.807) is 18.2 Å². The van der Waals surface area contributed by atoms with Crippen molar-refractivity contribution in [2.45, 2.75) is 0 Å². The molecule has 3 rings (SSSR count). The topological polar surface area (TPSA) is 77.5 Å². The van der Waals surface area contributed by atoms with Crippen LogP contribution in [0.15, 0.2) is 48.5 Å². The summed E-state index contributed by atoms with van der Waals surface area (Å²) in [6.45, 7) is -0.330. The largest absolute Gasteiger partial charge is 0.483 e. The van der Waals surface area contributed by atoms with Gasteiger partial charge in [0.2, 0.25) is 0 Å². The molecule has 0 bridgehead atoms. The Kier molecular flexibility index (Phi) is 5.52. The second-order valence-electron chi connectivity index (χ2n) is 5.50. The van der Waals surface area contributed by atoms with Crippen molar-refractivity contribution in [1.82, 2.24) is 4.98 Å². The number of fused-ring (bicyclic) bond motifs is 1. The molecule has 0 saturated heterocycles. The Morgan fingerprint density at radius 2 is 1.89 bits per heavy atom. The van der Waals surface area contributed by atoms with Gasteiger partial charge in [-0.25, -0.2) is 14.2 Å². The summed E-state index contributed by atoms with van der Waals surface area (Å²) in [4.78, 5) is 28.1. The monoisotopic (exact) mass is 388 g/mol. The highest BCUT2D eigenvalue weighted by Crippen LogP contribution is 2.28. The Morgan fingerprint density at radius 1 is 1.15 bits per heavy atom. The second-order valence-corrected chi connectivity index (χ2v) is 5.94. The normalized spacial score (nSPS) is 10.5. The minimum Gasteiger partial charge on any atom is -0.483 e. The Morgan fingerprint density at radius 3 is 2.59 bits per heavy atom. The van der Waals surface area contributed by atoms with E-state index in [0.29, 0.717) is 21.6 Å². The maximum atomic E-state index is 12.9. The van der Waals surface area contributed by atoms with E-state index < -0.39 is 17.7 Å². The summed E-state index contributed by atoms with van der Waals surface area (Å²) in [5.74, 6) is -1.22. The highest BCUT2D eigenvalue weighted by atomic mass is 35.5. The third-order valence-electron chi connectivity index (χ3n) is 3.61. The lowest BCUT2D eigenvalue weighted by molar-refractivity contribution is -0.118. The van der Waals surface area contributed by atoms with Crippen LogP contribution in [0.3, 0.4) is 0 Å². The van der Waals surface area contributed by atoms with Crippen molar-refractivity contribution in [2.75, 3.05) is 19.0 Å². The van der Waals surface area contributed by atoms with Crippen LogP contribution < -0.4 is 10.1 Å². The molecular weight excluding hydrogens is 375 g/mol. The molecule has 1 aromatic heterocycles. The van der Waals surface area contributed by atoms with Gasteiger partial charge in [0.15, 0.2) is 12.3 Å². The Hall–Kier alpha value is -3.19. The number of hydrogen-bond acceptors (Lipinski definition) is 5. The van der Waals surface area contributed by atoms with Gasteiger partial charge in [-0.3, -0.25) is 4.79 Å². The first-order valence-corrected chi connectivity index (χ1v) is 8.21. The third kappa shape index (κ3) is 4.51. The lowest BCUT2D eigenvalue weighted by atomic mass is 10.2. The molecule has 0 spiro atoms. The van der Waals surface area contributed by atoms with Crippen molar-refractivity contribution in [1.29, 1.82) is 0 Å². The van der Waals surface area contributed by atoms with Crippen molar-refractivity contribution in [2.24, 2.45) is 0 Å². The average molecular weight is 389 g/mol. The summed E-state index contributed by atoms with van der Waals surface area (Å²) in [6.07, 6.45) is 0. The van der Waals surface area contributed by atoms with Gasteiger partial charge in [0.05, 0.1) is 12.6 Å². The first-order valence-electron chi connectivity index (χ1n) is 7.83. The van der Waals surface area contributed by atoms with Crippen molar-refractivity contribution in [3.63, 3.8) is 0 Å². The van der Waals surface area contributed by atoms with E-state index in [1.807, 2.05) is 0 Å². The van der Waals surface area contributed by atoms with Crippen LogP contribution in [0.25, 0.3) is 10.9 Å². The number of pyridine rings is 1. The number of nitrogens with zero attached hydrogens (tertiary/aromatic N) is 1. The lowest BCUT2D eigenvalue weighted by Crippen LogP contribution is -2.20. The number of benzene rings is 2. The number of rotatable bonds is 5. The van der Waals surface area contributed by atoms with E-state index in [-0.39, 0.29) is 18.1 Å². The number of ether oxygens (including phenoxy) is 2. The van der Waals surface area contributed by atoms with Gasteiger partial charge in [0, 0.05) is 22.2 Å². The molecule has 1 amide bonds. The number of nitrogens with one attached hydrogen (secondary N) is 1. The highest BCUT2D eigenvalue weighted by molar-refractivity contribution is 6.31. The summed E-state index contributed by atoms with van der Waals surface area (Å²) < 4.78 is 23.2. The van der Waals surface area contributed by atoms with Crippen molar-refractivity contribution >= 4 is 40.1 Å². The second kappa shape index (κ2) is 8.01. The van der Waals surface area contributed by atoms with Crippen LogP contribution >= 0.6 is 11.6 Å². The fourth-order valence-corrected chi connectivity index (χ4v) is 2.54. The average Bonchev–Trinajstić information content (AvgIpc) is 2.67. The number of esters is 1. The first-order chi connectivity index (χ1) is 13.0. The number of carbonyl (C=O) groups excluding carboxylic acids is 2. The molecule has 0 unspecified atom stereocenters. The van der Waals surface area contributed by atoms with Crippen LogP contribution in [0, 0.1) is 5.82 Å². The molecule has 0 aliphatic heterocycles. The summed E-state index contributed by atoms with van der Waals surface area (Å²) >= 11 is 6.02. The standard InChI is InChI=1S/C19H14ClFN2O4/c1-26-19(25)16-9-17(14-8-11(20)2-7-15(14)23-16)27-10-18(24)22-13-5-3-12(21)4-6-13/h2-9H,10H2,1H3,(H,22,24). The van der Waals surface area contributed by atoms with Crippen LogP contribution in [0.4, 0.5) is 10.1 Å². The van der Waals surface area contributed by atoms with Gasteiger partial charge in [0.25, 0.3) is 5.91 Å². The molecule has 1 N–H and O–H groups in total. The highest BCUT2D eigenvalue weighted by Gasteiger charge is 2.15. The zero-order valence-electron chi connectivity index (χ0n) is 14.2. The molecule has 6 nitrogen and oxygen atoms in total. The molecule has 3 aromatic rings. The molecule has 2 aromatic carbocycles. The Labute approximate surface area is 158 Å². The molecule has 0 saturated carbocycles. The fraction of sp³-hybridized carbons (Fsp3) is 0.105. The maximum absolute atomic E-state index is 12.9. The summed E-state index contributed by atoms with van der Waals surface area (Å²) in [5.41, 5.74) is 0.945. The number of hydrogen-bond donors (Lipinski definition) is 1. The summed E-state index contributed by atoms with van der Waals surface area (Å²) in [6, 6.07) is 11.6. The predicted octanol–water partition coefficient (Wildman–Crippen LogP) is 3.83. The molecule has 138 valence electrons. The zero-order valence-corrected chi connectivity index (χ0v) is 14.9. The summed E-state index contributed by atoms with van der Waals surface area (Å²) in [7, 11) is 1.24. The number of amides is 1. The van der Waals surface area contributed by atoms with Gasteiger partial charge in [-0.1, -0.05) is 11.6 Å². The number of aromatic nitrogens is 1. The predicted molar refractivity (Wildman–Crippen MR) is 98.6 cm³/mol. The van der Waals surface area contributed by atoms with Gasteiger partial charge in [-0.15, -0.1) is 0 Å². The number of carbonyl (C=O) groups is 2. The first kappa shape index (κ1) is 18.6. The Balaban J connectivity index is 1.82. The van der Waals surface area contributed by atoms with Gasteiger partial charge < -0.3 is 14.8 Å². The minimum absolute atomic E-state index is 0.0428. The van der Waals surface area contributed by atoms with E-state index in [0.717, 1.165) is 0 Å². The van der Waals surface area contributed by atoms with Crippen LogP contribution in [-0.2, 0) is 9.53 Å². The number of anilines is 1. The molecule has 0 aliphatic rings. The van der Waals surface area contributed by atoms with Crippen molar-refractivity contribution in [3.05, 3.63) is 65.1 Å². The van der Waals surface area contributed by atoms with E-state index in [1.165, 1.54) is 37.4 Å². The van der Waals surface area contributed by atoms with E-state index in [4.69, 9.17) is 16.3 Å². The molecule has 1 heterocycles. The van der Waals surface area contributed by atoms with Crippen LogP contribution in [-0.4, -0.2) is 30.6 Å². The molecule has 0 atom stereocenters. The molecule has 0 fully saturated rings. The smallest absolute Gasteiger partial charge is 0.356 e. The fourth-order valence-electron chi connectivity index (χ4n) is 2.37. The van der Waals surface area contributed by atoms with Crippen LogP contribution in [0.5, 0.6) is 5.75 Å². The molecule has 8 heteroatoms. The van der Waals surface area contributed by atoms with Crippen molar-refractivity contribution in [3.8, 4) is 5.75 Å². The van der Waals surface area contributed by atoms with Gasteiger partial charge in [0.1, 0.15) is 11.6 Å². The SMILES string of the molecule is COC(=O)c1cc(OCC(=O)Nc2ccc(F)cc2)c2cc(Cl)ccc2n1. The minimum atomic E-state index is -0.632. The molecule has 0 radical (unpaired) electrons. The van der Waals surface area contributed by atoms with Crippen molar-refractivity contribution < 1.29 is 23.5 Å². The number of halogens is 2. The van der Waals surface area contributed by atoms with Gasteiger partial charge in [-0.05, 0) is 42.5 Å². The quantitative estimate of drug-likeness (QED) is 0.672. The summed E-state index contributed by atoms with van der Waals surface area (Å²) in [5, 5.41) is 3.58. The zero-order chi connectivity index (χ0) is 19.4. The third-order valence-corrected chi connectivity index (χ3v) is 3.85. The van der Waals surface area contributed by atoms with E-state index in [2.05, 4.69) is 15.0 Å². The number of methoxy groups -OCH3 is 1. The Bertz CT molecular complexity index is 1010. The molecule has 27 heavy (non-hydrogen) atoms. The van der Waals surface area contributed by atoms with Gasteiger partial charge in [-0.2, -0.15) is 0 Å². The van der Waals surface area contributed by atoms with Gasteiger partial charge >= 0.3 is 5.97 Å². The molecule has 0 aliphatic carbocycles. The molecular formula is C19H14ClFN2O4. The van der Waals surface area contributed by atoms with Crippen LogP contribution in [0.1, 0.15) is 10.5 Å². The van der Waals surface area contributed by atoms with E-state index in [9.17, 15) is 14.0 Å². The van der Waals surface area contributed by atoms with E-state index >= 15 is 0 Å². The maximum Gasteiger partial charge on any atom is 0.356 e.